The zero-order valence-corrected chi connectivity index (χ0v) is 19.6. The van der Waals surface area contributed by atoms with Crippen molar-refractivity contribution in [3.05, 3.63) is 71.4 Å². The summed E-state index contributed by atoms with van der Waals surface area (Å²) in [6.07, 6.45) is 6.21. The molecule has 6 nitrogen and oxygen atoms in total. The zero-order chi connectivity index (χ0) is 22.9. The third-order valence-corrected chi connectivity index (χ3v) is 6.14. The van der Waals surface area contributed by atoms with Crippen LogP contribution in [0.15, 0.2) is 53.1 Å². The maximum absolute atomic E-state index is 12.4. The Balaban J connectivity index is 1.27. The normalized spacial score (nSPS) is 14.0. The van der Waals surface area contributed by atoms with Crippen molar-refractivity contribution >= 4 is 5.91 Å². The van der Waals surface area contributed by atoms with Gasteiger partial charge in [0.25, 0.3) is 0 Å². The van der Waals surface area contributed by atoms with Crippen LogP contribution in [0, 0.1) is 0 Å². The van der Waals surface area contributed by atoms with Gasteiger partial charge in [0.05, 0.1) is 0 Å². The quantitative estimate of drug-likeness (QED) is 0.452. The number of aromatic nitrogens is 2. The van der Waals surface area contributed by atoms with Crippen molar-refractivity contribution in [3.8, 4) is 11.1 Å². The molecule has 1 saturated heterocycles. The van der Waals surface area contributed by atoms with Crippen molar-refractivity contribution in [1.82, 2.24) is 20.4 Å². The van der Waals surface area contributed by atoms with Crippen molar-refractivity contribution in [2.45, 2.75) is 65.0 Å². The number of rotatable bonds is 11. The van der Waals surface area contributed by atoms with Gasteiger partial charge in [0, 0.05) is 32.4 Å². The Hall–Kier alpha value is -2.99. The van der Waals surface area contributed by atoms with E-state index in [0.717, 1.165) is 30.8 Å². The average Bonchev–Trinajstić information content (AvgIpc) is 3.51. The third kappa shape index (κ3) is 6.75. The highest BCUT2D eigenvalue weighted by atomic mass is 16.5. The van der Waals surface area contributed by atoms with Gasteiger partial charge >= 0.3 is 0 Å². The summed E-state index contributed by atoms with van der Waals surface area (Å²) in [4.78, 5) is 19.3. The molecule has 2 heterocycles. The van der Waals surface area contributed by atoms with Crippen LogP contribution >= 0.6 is 0 Å². The molecule has 174 valence electrons. The van der Waals surface area contributed by atoms with Crippen LogP contribution in [0.5, 0.6) is 0 Å². The molecule has 1 amide bonds. The number of carbonyl (C=O) groups is 1. The van der Waals surface area contributed by atoms with E-state index in [4.69, 9.17) is 4.52 Å². The predicted octanol–water partition coefficient (Wildman–Crippen LogP) is 4.92. The van der Waals surface area contributed by atoms with Gasteiger partial charge in [0.2, 0.25) is 11.8 Å². The zero-order valence-electron chi connectivity index (χ0n) is 19.6. The molecular weight excluding hydrogens is 412 g/mol. The van der Waals surface area contributed by atoms with E-state index in [9.17, 15) is 4.79 Å². The second-order valence-corrected chi connectivity index (χ2v) is 8.82. The minimum Gasteiger partial charge on any atom is -0.352 e. The lowest BCUT2D eigenvalue weighted by Crippen LogP contribution is -2.22. The van der Waals surface area contributed by atoms with Crippen molar-refractivity contribution in [3.63, 3.8) is 0 Å². The van der Waals surface area contributed by atoms with E-state index in [0.29, 0.717) is 31.7 Å². The monoisotopic (exact) mass is 446 g/mol. The predicted molar refractivity (Wildman–Crippen MR) is 129 cm³/mol. The van der Waals surface area contributed by atoms with E-state index in [1.165, 1.54) is 42.6 Å². The number of benzene rings is 2. The lowest BCUT2D eigenvalue weighted by Gasteiger charge is -2.15. The van der Waals surface area contributed by atoms with E-state index in [-0.39, 0.29) is 5.91 Å². The fraction of sp³-hybridized carbons (Fsp3) is 0.444. The first-order chi connectivity index (χ1) is 16.2. The van der Waals surface area contributed by atoms with Gasteiger partial charge in [-0.1, -0.05) is 60.6 Å². The molecular formula is C27H34N4O2. The number of carbonyl (C=O) groups excluding carboxylic acids is 1. The fourth-order valence-electron chi connectivity index (χ4n) is 4.34. The first-order valence-corrected chi connectivity index (χ1v) is 12.2. The second-order valence-electron chi connectivity index (χ2n) is 8.82. The summed E-state index contributed by atoms with van der Waals surface area (Å²) in [6.45, 7) is 6.05. The van der Waals surface area contributed by atoms with Gasteiger partial charge in [-0.25, -0.2) is 0 Å². The molecule has 6 heteroatoms. The molecule has 1 N–H and O–H groups in total. The highest BCUT2D eigenvalue weighted by Crippen LogP contribution is 2.25. The van der Waals surface area contributed by atoms with Crippen LogP contribution in [0.25, 0.3) is 11.1 Å². The van der Waals surface area contributed by atoms with Gasteiger partial charge < -0.3 is 9.84 Å². The van der Waals surface area contributed by atoms with Gasteiger partial charge in [-0.05, 0) is 61.0 Å². The molecule has 3 aromatic rings. The number of nitrogens with one attached hydrogen (secondary N) is 1. The average molecular weight is 447 g/mol. The first-order valence-electron chi connectivity index (χ1n) is 12.2. The number of amides is 1. The molecule has 0 saturated carbocycles. The highest BCUT2D eigenvalue weighted by Gasteiger charge is 2.12. The molecule has 0 radical (unpaired) electrons. The molecule has 2 aromatic carbocycles. The van der Waals surface area contributed by atoms with Gasteiger partial charge in [0.15, 0.2) is 5.82 Å². The summed E-state index contributed by atoms with van der Waals surface area (Å²) in [6, 6.07) is 17.1. The molecule has 0 unspecified atom stereocenters. The van der Waals surface area contributed by atoms with Crippen LogP contribution in [0.4, 0.5) is 0 Å². The molecule has 0 atom stereocenters. The van der Waals surface area contributed by atoms with Gasteiger partial charge in [-0.2, -0.15) is 4.98 Å². The van der Waals surface area contributed by atoms with Crippen LogP contribution in [-0.2, 0) is 30.7 Å². The van der Waals surface area contributed by atoms with E-state index < -0.39 is 0 Å². The van der Waals surface area contributed by atoms with E-state index >= 15 is 0 Å². The molecule has 1 aromatic heterocycles. The summed E-state index contributed by atoms with van der Waals surface area (Å²) in [5.41, 5.74) is 4.83. The smallest absolute Gasteiger partial charge is 0.226 e. The molecule has 0 spiro atoms. The number of hydrogen-bond acceptors (Lipinski definition) is 5. The summed E-state index contributed by atoms with van der Waals surface area (Å²) < 4.78 is 5.24. The summed E-state index contributed by atoms with van der Waals surface area (Å²) in [7, 11) is 0. The number of likely N-dealkylation sites (tertiary alicyclic amines) is 1. The molecule has 1 fully saturated rings. The van der Waals surface area contributed by atoms with Crippen LogP contribution < -0.4 is 5.32 Å². The number of hydrogen-bond donors (Lipinski definition) is 1. The molecule has 1 aliphatic rings. The number of aryl methyl sites for hydroxylation is 2. The second kappa shape index (κ2) is 11.8. The first kappa shape index (κ1) is 23.2. The van der Waals surface area contributed by atoms with Crippen LogP contribution in [-0.4, -0.2) is 34.0 Å². The fourth-order valence-corrected chi connectivity index (χ4v) is 4.34. The Morgan fingerprint density at radius 1 is 1.06 bits per heavy atom. The van der Waals surface area contributed by atoms with E-state index in [1.54, 1.807) is 0 Å². The summed E-state index contributed by atoms with van der Waals surface area (Å²) in [5, 5.41) is 7.03. The Kier molecular flexibility index (Phi) is 8.25. The van der Waals surface area contributed by atoms with Crippen LogP contribution in [0.1, 0.15) is 61.9 Å². The van der Waals surface area contributed by atoms with Gasteiger partial charge in [-0.3, -0.25) is 9.69 Å². The maximum atomic E-state index is 12.4. The van der Waals surface area contributed by atoms with Crippen molar-refractivity contribution in [2.75, 3.05) is 13.1 Å². The molecule has 0 aliphatic carbocycles. The lowest BCUT2D eigenvalue weighted by atomic mass is 9.98. The van der Waals surface area contributed by atoms with E-state index in [1.807, 2.05) is 6.07 Å². The Labute approximate surface area is 196 Å². The minimum atomic E-state index is 0.0408. The SMILES string of the molecule is CCCc1noc(CCCC(=O)NCc2ccccc2-c2ccc(CN3CCCC3)cc2)n1. The summed E-state index contributed by atoms with van der Waals surface area (Å²) in [5.74, 6) is 1.40. The Bertz CT molecular complexity index is 1020. The van der Waals surface area contributed by atoms with Crippen molar-refractivity contribution < 1.29 is 9.32 Å². The van der Waals surface area contributed by atoms with Crippen LogP contribution in [0.2, 0.25) is 0 Å². The lowest BCUT2D eigenvalue weighted by molar-refractivity contribution is -0.121. The molecule has 1 aliphatic heterocycles. The Morgan fingerprint density at radius 3 is 2.64 bits per heavy atom. The maximum Gasteiger partial charge on any atom is 0.226 e. The van der Waals surface area contributed by atoms with E-state index in [2.05, 4.69) is 69.7 Å². The highest BCUT2D eigenvalue weighted by molar-refractivity contribution is 5.76. The topological polar surface area (TPSA) is 71.3 Å². The van der Waals surface area contributed by atoms with Gasteiger partial charge in [0.1, 0.15) is 0 Å². The Morgan fingerprint density at radius 2 is 1.85 bits per heavy atom. The molecule has 0 bridgehead atoms. The molecule has 33 heavy (non-hydrogen) atoms. The van der Waals surface area contributed by atoms with Crippen molar-refractivity contribution in [1.29, 1.82) is 0 Å². The van der Waals surface area contributed by atoms with Gasteiger partial charge in [-0.15, -0.1) is 0 Å². The van der Waals surface area contributed by atoms with Crippen LogP contribution in [0.3, 0.4) is 0 Å². The summed E-state index contributed by atoms with van der Waals surface area (Å²) >= 11 is 0. The van der Waals surface area contributed by atoms with Crippen molar-refractivity contribution in [2.24, 2.45) is 0 Å². The number of nitrogens with zero attached hydrogens (tertiary/aromatic N) is 3. The standard InChI is InChI=1S/C27H34N4O2/c1-2-8-25-29-27(33-30-25)12-7-11-26(32)28-19-23-9-3-4-10-24(23)22-15-13-21(14-16-22)20-31-17-5-6-18-31/h3-4,9-10,13-16H,2,5-8,11-12,17-20H2,1H3,(H,28,32). The largest absolute Gasteiger partial charge is 0.352 e. The molecule has 4 rings (SSSR count). The third-order valence-electron chi connectivity index (χ3n) is 6.14. The minimum absolute atomic E-state index is 0.0408.